The maximum atomic E-state index is 12.6. The number of anilines is 2. The third kappa shape index (κ3) is 2.77. The van der Waals surface area contributed by atoms with Crippen molar-refractivity contribution in [3.05, 3.63) is 53.1 Å². The van der Waals surface area contributed by atoms with Crippen LogP contribution in [0, 0.1) is 13.8 Å². The highest BCUT2D eigenvalue weighted by atomic mass is 16.5. The molecule has 0 bridgehead atoms. The van der Waals surface area contributed by atoms with Gasteiger partial charge in [-0.3, -0.25) is 9.59 Å². The van der Waals surface area contributed by atoms with Gasteiger partial charge in [0, 0.05) is 5.69 Å². The van der Waals surface area contributed by atoms with Crippen molar-refractivity contribution in [3.63, 3.8) is 0 Å². The Labute approximate surface area is 134 Å². The molecule has 1 unspecified atom stereocenters. The molecule has 1 atom stereocenters. The minimum atomic E-state index is -0.628. The summed E-state index contributed by atoms with van der Waals surface area (Å²) in [6.45, 7) is 5.61. The monoisotopic (exact) mass is 310 g/mol. The number of carbonyl (C=O) groups excluding carboxylic acids is 2. The van der Waals surface area contributed by atoms with E-state index in [1.165, 1.54) is 0 Å². The number of rotatable bonds is 2. The van der Waals surface area contributed by atoms with Crippen molar-refractivity contribution in [2.24, 2.45) is 0 Å². The normalized spacial score (nSPS) is 16.1. The van der Waals surface area contributed by atoms with E-state index in [0.717, 1.165) is 16.8 Å². The minimum absolute atomic E-state index is 0.218. The fourth-order valence-electron chi connectivity index (χ4n) is 2.48. The van der Waals surface area contributed by atoms with Gasteiger partial charge >= 0.3 is 0 Å². The minimum Gasteiger partial charge on any atom is -0.478 e. The zero-order valence-corrected chi connectivity index (χ0v) is 13.3. The average Bonchev–Trinajstić information content (AvgIpc) is 2.52. The molecule has 1 aliphatic heterocycles. The number of benzene rings is 2. The molecule has 0 saturated heterocycles. The van der Waals surface area contributed by atoms with Crippen LogP contribution in [0.15, 0.2) is 36.4 Å². The molecule has 2 aromatic rings. The number of nitrogens with one attached hydrogen (secondary N) is 2. The van der Waals surface area contributed by atoms with Gasteiger partial charge in [0.1, 0.15) is 0 Å². The van der Waals surface area contributed by atoms with Gasteiger partial charge in [-0.15, -0.1) is 0 Å². The molecule has 5 heteroatoms. The summed E-state index contributed by atoms with van der Waals surface area (Å²) in [4.78, 5) is 24.3. The Morgan fingerprint density at radius 1 is 1.17 bits per heavy atom. The molecule has 0 fully saturated rings. The zero-order chi connectivity index (χ0) is 16.6. The van der Waals surface area contributed by atoms with Crippen molar-refractivity contribution < 1.29 is 14.3 Å². The number of fused-ring (bicyclic) bond motifs is 1. The predicted octanol–water partition coefficient (Wildman–Crippen LogP) is 3.28. The molecule has 5 nitrogen and oxygen atoms in total. The molecule has 1 heterocycles. The van der Waals surface area contributed by atoms with Crippen LogP contribution >= 0.6 is 0 Å². The maximum Gasteiger partial charge on any atom is 0.265 e. The molecule has 3 rings (SSSR count). The first-order valence-corrected chi connectivity index (χ1v) is 7.45. The Kier molecular flexibility index (Phi) is 3.78. The summed E-state index contributed by atoms with van der Waals surface area (Å²) in [7, 11) is 0. The third-order valence-electron chi connectivity index (χ3n) is 4.03. The molecular formula is C18H18N2O3. The zero-order valence-electron chi connectivity index (χ0n) is 13.3. The second-order valence-corrected chi connectivity index (χ2v) is 5.63. The molecular weight excluding hydrogens is 292 g/mol. The van der Waals surface area contributed by atoms with Gasteiger partial charge in [-0.05, 0) is 50.1 Å². The third-order valence-corrected chi connectivity index (χ3v) is 4.03. The Morgan fingerprint density at radius 2 is 1.91 bits per heavy atom. The highest BCUT2D eigenvalue weighted by Crippen LogP contribution is 2.34. The summed E-state index contributed by atoms with van der Waals surface area (Å²) in [6, 6.07) is 10.9. The van der Waals surface area contributed by atoms with Gasteiger partial charge in [0.2, 0.25) is 0 Å². The van der Waals surface area contributed by atoms with Crippen LogP contribution in [0.25, 0.3) is 0 Å². The van der Waals surface area contributed by atoms with Crippen molar-refractivity contribution in [2.45, 2.75) is 26.9 Å². The van der Waals surface area contributed by atoms with E-state index < -0.39 is 6.10 Å². The quantitative estimate of drug-likeness (QED) is 0.894. The first-order chi connectivity index (χ1) is 11.0. The molecule has 0 radical (unpaired) electrons. The van der Waals surface area contributed by atoms with Crippen LogP contribution in [0.3, 0.4) is 0 Å². The average molecular weight is 310 g/mol. The van der Waals surface area contributed by atoms with Crippen LogP contribution in [0.5, 0.6) is 5.75 Å². The lowest BCUT2D eigenvalue weighted by Crippen LogP contribution is -2.35. The van der Waals surface area contributed by atoms with Crippen LogP contribution in [0.1, 0.15) is 28.4 Å². The van der Waals surface area contributed by atoms with E-state index in [2.05, 4.69) is 10.6 Å². The first-order valence-electron chi connectivity index (χ1n) is 7.45. The van der Waals surface area contributed by atoms with E-state index in [0.29, 0.717) is 17.0 Å². The van der Waals surface area contributed by atoms with Crippen molar-refractivity contribution >= 4 is 23.2 Å². The summed E-state index contributed by atoms with van der Waals surface area (Å²) in [5.74, 6) is -0.0779. The van der Waals surface area contributed by atoms with E-state index >= 15 is 0 Å². The Morgan fingerprint density at radius 3 is 2.70 bits per heavy atom. The van der Waals surface area contributed by atoms with Crippen LogP contribution < -0.4 is 15.4 Å². The van der Waals surface area contributed by atoms with E-state index in [1.54, 1.807) is 25.1 Å². The number of aryl methyl sites for hydroxylation is 1. The van der Waals surface area contributed by atoms with Gasteiger partial charge < -0.3 is 15.4 Å². The molecule has 23 heavy (non-hydrogen) atoms. The summed E-state index contributed by atoms with van der Waals surface area (Å²) in [6.07, 6.45) is -0.628. The largest absolute Gasteiger partial charge is 0.478 e. The second-order valence-electron chi connectivity index (χ2n) is 5.63. The van der Waals surface area contributed by atoms with Crippen LogP contribution in [0.4, 0.5) is 11.4 Å². The standard InChI is InChI=1S/C18H18N2O3/c1-10-6-4-8-14(11(10)2)19-18(22)13-7-5-9-15-16(13)23-12(3)17(21)20-15/h4-9,12H,1-3H3,(H,19,22)(H,20,21). The molecule has 1 aliphatic rings. The van der Waals surface area contributed by atoms with Crippen molar-refractivity contribution in [2.75, 3.05) is 10.6 Å². The number of hydrogen-bond acceptors (Lipinski definition) is 3. The number of para-hydroxylation sites is 1. The molecule has 0 aliphatic carbocycles. The Balaban J connectivity index is 1.93. The van der Waals surface area contributed by atoms with Crippen LogP contribution in [0.2, 0.25) is 0 Å². The molecule has 0 aromatic heterocycles. The molecule has 2 N–H and O–H groups in total. The topological polar surface area (TPSA) is 67.4 Å². The van der Waals surface area contributed by atoms with Crippen molar-refractivity contribution in [1.82, 2.24) is 0 Å². The lowest BCUT2D eigenvalue weighted by atomic mass is 10.1. The number of amides is 2. The number of ether oxygens (including phenoxy) is 1. The van der Waals surface area contributed by atoms with Gasteiger partial charge in [-0.2, -0.15) is 0 Å². The van der Waals surface area contributed by atoms with E-state index in [9.17, 15) is 9.59 Å². The fraction of sp³-hybridized carbons (Fsp3) is 0.222. The molecule has 0 spiro atoms. The Hall–Kier alpha value is -2.82. The number of hydrogen-bond donors (Lipinski definition) is 2. The summed E-state index contributed by atoms with van der Waals surface area (Å²) >= 11 is 0. The highest BCUT2D eigenvalue weighted by molar-refractivity contribution is 6.09. The summed E-state index contributed by atoms with van der Waals surface area (Å²) < 4.78 is 5.62. The van der Waals surface area contributed by atoms with Gasteiger partial charge in [0.15, 0.2) is 11.9 Å². The molecule has 118 valence electrons. The van der Waals surface area contributed by atoms with Crippen LogP contribution in [-0.4, -0.2) is 17.9 Å². The SMILES string of the molecule is Cc1cccc(NC(=O)c2cccc3c2OC(C)C(=O)N3)c1C. The van der Waals surface area contributed by atoms with E-state index in [-0.39, 0.29) is 11.8 Å². The van der Waals surface area contributed by atoms with Gasteiger partial charge in [0.05, 0.1) is 11.3 Å². The number of carbonyl (C=O) groups is 2. The van der Waals surface area contributed by atoms with E-state index in [4.69, 9.17) is 4.74 Å². The van der Waals surface area contributed by atoms with Crippen molar-refractivity contribution in [3.8, 4) is 5.75 Å². The summed E-state index contributed by atoms with van der Waals surface area (Å²) in [5.41, 5.74) is 3.81. The Bertz CT molecular complexity index is 799. The lowest BCUT2D eigenvalue weighted by Gasteiger charge is -2.25. The summed E-state index contributed by atoms with van der Waals surface area (Å²) in [5, 5.41) is 5.66. The molecule has 2 aromatic carbocycles. The molecule has 2 amide bonds. The smallest absolute Gasteiger partial charge is 0.265 e. The van der Waals surface area contributed by atoms with Crippen LogP contribution in [-0.2, 0) is 4.79 Å². The maximum absolute atomic E-state index is 12.6. The van der Waals surface area contributed by atoms with Gasteiger partial charge in [-0.1, -0.05) is 18.2 Å². The van der Waals surface area contributed by atoms with Gasteiger partial charge in [0.25, 0.3) is 11.8 Å². The first kappa shape index (κ1) is 15.1. The fourth-order valence-corrected chi connectivity index (χ4v) is 2.48. The van der Waals surface area contributed by atoms with Crippen molar-refractivity contribution in [1.29, 1.82) is 0 Å². The predicted molar refractivity (Wildman–Crippen MR) is 89.0 cm³/mol. The lowest BCUT2D eigenvalue weighted by molar-refractivity contribution is -0.122. The van der Waals surface area contributed by atoms with E-state index in [1.807, 2.05) is 32.0 Å². The molecule has 0 saturated carbocycles. The highest BCUT2D eigenvalue weighted by Gasteiger charge is 2.27. The van der Waals surface area contributed by atoms with Gasteiger partial charge in [-0.25, -0.2) is 0 Å². The second kappa shape index (κ2) is 5.76.